The van der Waals surface area contributed by atoms with Crippen LogP contribution >= 0.6 is 0 Å². The lowest BCUT2D eigenvalue weighted by molar-refractivity contribution is -0.165. The second-order valence-corrected chi connectivity index (χ2v) is 14.1. The minimum atomic E-state index is -3.03. The Labute approximate surface area is 203 Å². The van der Waals surface area contributed by atoms with E-state index in [9.17, 15) is 19.8 Å². The fourth-order valence-electron chi connectivity index (χ4n) is 3.96. The predicted molar refractivity (Wildman–Crippen MR) is 123 cm³/mol. The van der Waals surface area contributed by atoms with Crippen LogP contribution in [0.4, 0.5) is 0 Å². The van der Waals surface area contributed by atoms with Gasteiger partial charge in [0.15, 0.2) is 0 Å². The Balaban J connectivity index is 2.63. The first-order chi connectivity index (χ1) is 16.1. The summed E-state index contributed by atoms with van der Waals surface area (Å²) in [7, 11) is 2.49. The largest absolute Gasteiger partial charge is 0.502 e. The molecule has 4 atom stereocenters. The molecule has 0 aliphatic heterocycles. The van der Waals surface area contributed by atoms with Crippen LogP contribution in [0, 0.1) is 11.8 Å². The predicted octanol–water partition coefficient (Wildman–Crippen LogP) is 0.357. The number of carbonyl (C=O) groups excluding carboxylic acids is 2. The van der Waals surface area contributed by atoms with E-state index in [4.69, 9.17) is 36.0 Å². The average molecular weight is 529 g/mol. The van der Waals surface area contributed by atoms with Crippen molar-refractivity contribution < 1.29 is 55.8 Å². The molecule has 0 aromatic heterocycles. The lowest BCUT2D eigenvalue weighted by Crippen LogP contribution is -2.47. The second-order valence-electron chi connectivity index (χ2n) is 8.06. The van der Waals surface area contributed by atoms with E-state index in [2.05, 4.69) is 0 Å². The van der Waals surface area contributed by atoms with Crippen molar-refractivity contribution in [3.05, 3.63) is 0 Å². The number of rotatable bonds is 16. The number of ether oxygens (including phenoxy) is 2. The van der Waals surface area contributed by atoms with Crippen molar-refractivity contribution >= 4 is 29.5 Å². The molecule has 0 aromatic rings. The summed E-state index contributed by atoms with van der Waals surface area (Å²) in [4.78, 5) is 25.4. The van der Waals surface area contributed by atoms with Crippen LogP contribution in [0.5, 0.6) is 0 Å². The van der Waals surface area contributed by atoms with Crippen molar-refractivity contribution in [2.75, 3.05) is 55.9 Å². The molecule has 1 saturated carbocycles. The van der Waals surface area contributed by atoms with Crippen LogP contribution in [0.15, 0.2) is 0 Å². The molecule has 1 fully saturated rings. The van der Waals surface area contributed by atoms with Crippen LogP contribution in [0.1, 0.15) is 25.7 Å². The zero-order valence-corrected chi connectivity index (χ0v) is 22.9. The van der Waals surface area contributed by atoms with Crippen LogP contribution in [-0.4, -0.2) is 108 Å². The number of hydrogen-bond donors (Lipinski definition) is 2. The number of carbonyl (C=O) groups is 2. The first-order valence-electron chi connectivity index (χ1n) is 11.2. The maximum absolute atomic E-state index is 12.7. The van der Waals surface area contributed by atoms with Crippen molar-refractivity contribution in [3.8, 4) is 0 Å². The lowest BCUT2D eigenvalue weighted by Gasteiger charge is -2.30. The summed E-state index contributed by atoms with van der Waals surface area (Å²) >= 11 is 0. The first-order valence-corrected chi connectivity index (χ1v) is 15.0. The summed E-state index contributed by atoms with van der Waals surface area (Å²) in [6.45, 7) is -0.559. The highest BCUT2D eigenvalue weighted by atomic mass is 28.4. The van der Waals surface area contributed by atoms with Gasteiger partial charge in [0.2, 0.25) is 0 Å². The molecule has 0 amide bonds. The van der Waals surface area contributed by atoms with Crippen molar-refractivity contribution in [2.45, 2.75) is 50.0 Å². The van der Waals surface area contributed by atoms with Gasteiger partial charge in [-0.2, -0.15) is 0 Å². The standard InChI is InChI=1S/C20H40O12Si2/c1-25-33(26-2,27-3)13-15(21)11-31-19(23)17-9-7-8-10-18(17)20(24)32-12-16(22)14-34(28-4,29-5)30-6/h15-18,21-22H,7-14H2,1-6H3. The Hall–Kier alpha value is -0.946. The molecule has 1 aliphatic carbocycles. The van der Waals surface area contributed by atoms with Gasteiger partial charge in [-0.05, 0) is 12.8 Å². The number of aliphatic hydroxyl groups excluding tert-OH is 2. The molecular formula is C20H40O12Si2. The van der Waals surface area contributed by atoms with Gasteiger partial charge in [0.25, 0.3) is 0 Å². The zero-order chi connectivity index (χ0) is 25.8. The van der Waals surface area contributed by atoms with Crippen LogP contribution in [0.2, 0.25) is 12.1 Å². The van der Waals surface area contributed by atoms with Crippen molar-refractivity contribution in [2.24, 2.45) is 11.8 Å². The third-order valence-corrected chi connectivity index (χ3v) is 11.7. The van der Waals surface area contributed by atoms with E-state index in [-0.39, 0.29) is 25.3 Å². The van der Waals surface area contributed by atoms with E-state index in [1.54, 1.807) is 0 Å². The molecule has 34 heavy (non-hydrogen) atoms. The van der Waals surface area contributed by atoms with Gasteiger partial charge in [0, 0.05) is 54.7 Å². The summed E-state index contributed by atoms with van der Waals surface area (Å²) in [5.74, 6) is -2.54. The summed E-state index contributed by atoms with van der Waals surface area (Å²) in [5, 5.41) is 20.5. The van der Waals surface area contributed by atoms with Gasteiger partial charge in [-0.1, -0.05) is 12.8 Å². The van der Waals surface area contributed by atoms with Gasteiger partial charge >= 0.3 is 29.5 Å². The third-order valence-electron chi connectivity index (χ3n) is 6.04. The maximum atomic E-state index is 12.7. The molecule has 0 radical (unpaired) electrons. The van der Waals surface area contributed by atoms with Crippen LogP contribution < -0.4 is 0 Å². The fourth-order valence-corrected chi connectivity index (χ4v) is 7.35. The molecule has 0 saturated heterocycles. The third kappa shape index (κ3) is 8.93. The number of hydrogen-bond acceptors (Lipinski definition) is 12. The smallest absolute Gasteiger partial charge is 0.463 e. The van der Waals surface area contributed by atoms with Gasteiger partial charge in [-0.15, -0.1) is 0 Å². The van der Waals surface area contributed by atoms with E-state index in [1.807, 2.05) is 0 Å². The van der Waals surface area contributed by atoms with Crippen molar-refractivity contribution in [1.29, 1.82) is 0 Å². The monoisotopic (exact) mass is 528 g/mol. The molecule has 12 nitrogen and oxygen atoms in total. The molecule has 0 aromatic carbocycles. The Morgan fingerprint density at radius 2 is 0.971 bits per heavy atom. The van der Waals surface area contributed by atoms with Gasteiger partial charge in [-0.3, -0.25) is 9.59 Å². The first kappa shape index (κ1) is 31.1. The van der Waals surface area contributed by atoms with E-state index in [0.717, 1.165) is 12.8 Å². The second kappa shape index (κ2) is 15.2. The topological polar surface area (TPSA) is 148 Å². The quantitative estimate of drug-likeness (QED) is 0.210. The molecule has 14 heteroatoms. The Kier molecular flexibility index (Phi) is 13.9. The van der Waals surface area contributed by atoms with Crippen LogP contribution in [-0.2, 0) is 45.6 Å². The summed E-state index contributed by atoms with van der Waals surface area (Å²) < 4.78 is 42.2. The molecule has 0 bridgehead atoms. The molecule has 0 heterocycles. The van der Waals surface area contributed by atoms with E-state index >= 15 is 0 Å². The minimum absolute atomic E-state index is 0.0486. The fraction of sp³-hybridized carbons (Fsp3) is 0.900. The van der Waals surface area contributed by atoms with Crippen molar-refractivity contribution in [3.63, 3.8) is 0 Å². The Morgan fingerprint density at radius 3 is 1.24 bits per heavy atom. The van der Waals surface area contributed by atoms with Gasteiger partial charge in [0.05, 0.1) is 24.0 Å². The van der Waals surface area contributed by atoms with E-state index in [0.29, 0.717) is 12.8 Å². The van der Waals surface area contributed by atoms with E-state index < -0.39 is 53.6 Å². The maximum Gasteiger partial charge on any atom is 0.502 e. The summed E-state index contributed by atoms with van der Waals surface area (Å²) in [6.07, 6.45) is 0.378. The number of esters is 2. The van der Waals surface area contributed by atoms with Crippen LogP contribution in [0.25, 0.3) is 0 Å². The van der Waals surface area contributed by atoms with E-state index in [1.165, 1.54) is 42.7 Å². The number of aliphatic hydroxyl groups is 2. The van der Waals surface area contributed by atoms with Gasteiger partial charge in [-0.25, -0.2) is 0 Å². The van der Waals surface area contributed by atoms with Crippen LogP contribution in [0.3, 0.4) is 0 Å². The SMILES string of the molecule is CO[Si](CC(O)COC(=O)C1CCCCC1C(=O)OCC(O)C[Si](OC)(OC)OC)(OC)OC. The molecular weight excluding hydrogens is 488 g/mol. The molecule has 1 aliphatic rings. The van der Waals surface area contributed by atoms with Gasteiger partial charge < -0.3 is 46.2 Å². The summed E-state index contributed by atoms with van der Waals surface area (Å²) in [6, 6.07) is 0.0973. The Morgan fingerprint density at radius 1 is 0.676 bits per heavy atom. The van der Waals surface area contributed by atoms with Crippen molar-refractivity contribution in [1.82, 2.24) is 0 Å². The minimum Gasteiger partial charge on any atom is -0.463 e. The highest BCUT2D eigenvalue weighted by Gasteiger charge is 2.43. The molecule has 200 valence electrons. The zero-order valence-electron chi connectivity index (χ0n) is 20.9. The molecule has 2 N–H and O–H groups in total. The highest BCUT2D eigenvalue weighted by molar-refractivity contribution is 6.61. The lowest BCUT2D eigenvalue weighted by atomic mass is 9.79. The summed E-state index contributed by atoms with van der Waals surface area (Å²) in [5.41, 5.74) is 0. The average Bonchev–Trinajstić information content (AvgIpc) is 2.87. The molecule has 1 rings (SSSR count). The molecule has 0 spiro atoms. The molecule has 4 unspecified atom stereocenters. The Bertz CT molecular complexity index is 546. The van der Waals surface area contributed by atoms with Gasteiger partial charge in [0.1, 0.15) is 13.2 Å². The highest BCUT2D eigenvalue weighted by Crippen LogP contribution is 2.32. The normalized spacial score (nSPS) is 21.1.